The van der Waals surface area contributed by atoms with Gasteiger partial charge in [-0.05, 0) is 43.9 Å². The molecule has 0 saturated carbocycles. The minimum absolute atomic E-state index is 0.322. The van der Waals surface area contributed by atoms with E-state index >= 15 is 0 Å². The summed E-state index contributed by atoms with van der Waals surface area (Å²) in [4.78, 5) is 23.9. The van der Waals surface area contributed by atoms with Crippen LogP contribution in [0.4, 0.5) is 5.69 Å². The molecule has 2 rings (SSSR count). The van der Waals surface area contributed by atoms with Gasteiger partial charge in [0.2, 0.25) is 11.8 Å². The zero-order chi connectivity index (χ0) is 15.2. The molecule has 0 fully saturated rings. The number of aryl methyl sites for hydroxylation is 1. The van der Waals surface area contributed by atoms with Crippen molar-refractivity contribution >= 4 is 17.5 Å². The summed E-state index contributed by atoms with van der Waals surface area (Å²) in [7, 11) is 0. The van der Waals surface area contributed by atoms with E-state index in [1.54, 1.807) is 0 Å². The summed E-state index contributed by atoms with van der Waals surface area (Å²) >= 11 is 0. The van der Waals surface area contributed by atoms with Crippen molar-refractivity contribution in [3.05, 3.63) is 29.8 Å². The van der Waals surface area contributed by atoms with Crippen LogP contribution >= 0.6 is 0 Å². The lowest BCUT2D eigenvalue weighted by Crippen LogP contribution is -2.49. The fraction of sp³-hybridized carbons (Fsp3) is 0.467. The van der Waals surface area contributed by atoms with E-state index in [2.05, 4.69) is 10.6 Å². The number of anilines is 1. The first-order valence-corrected chi connectivity index (χ1v) is 7.26. The first-order chi connectivity index (χ1) is 10.1. The lowest BCUT2D eigenvalue weighted by molar-refractivity contribution is -0.131. The third-order valence-electron chi connectivity index (χ3n) is 3.67. The van der Waals surface area contributed by atoms with Gasteiger partial charge in [0.05, 0.1) is 6.04 Å². The first-order valence-electron chi connectivity index (χ1n) is 7.26. The summed E-state index contributed by atoms with van der Waals surface area (Å²) < 4.78 is 0. The fourth-order valence-corrected chi connectivity index (χ4v) is 2.41. The number of hydrogen-bond donors (Lipinski definition) is 4. The molecular formula is C15H22N4O2. The van der Waals surface area contributed by atoms with Gasteiger partial charge in [0.25, 0.3) is 0 Å². The van der Waals surface area contributed by atoms with E-state index in [1.807, 2.05) is 24.3 Å². The Morgan fingerprint density at radius 2 is 2.14 bits per heavy atom. The van der Waals surface area contributed by atoms with Crippen LogP contribution in [0.3, 0.4) is 0 Å². The number of nitrogens with two attached hydrogens (primary N) is 2. The summed E-state index contributed by atoms with van der Waals surface area (Å²) in [6, 6.07) is 6.77. The number of para-hydroxylation sites is 1. The van der Waals surface area contributed by atoms with E-state index in [1.165, 1.54) is 5.56 Å². The Morgan fingerprint density at radius 1 is 1.38 bits per heavy atom. The van der Waals surface area contributed by atoms with Gasteiger partial charge in [0.1, 0.15) is 6.04 Å². The van der Waals surface area contributed by atoms with Crippen molar-refractivity contribution in [1.29, 1.82) is 0 Å². The van der Waals surface area contributed by atoms with Gasteiger partial charge in [-0.2, -0.15) is 0 Å². The van der Waals surface area contributed by atoms with E-state index in [0.29, 0.717) is 25.8 Å². The highest BCUT2D eigenvalue weighted by Gasteiger charge is 2.26. The van der Waals surface area contributed by atoms with Gasteiger partial charge in [0, 0.05) is 5.69 Å². The van der Waals surface area contributed by atoms with Crippen molar-refractivity contribution in [3.63, 3.8) is 0 Å². The number of hydrogen-bond acceptors (Lipinski definition) is 5. The van der Waals surface area contributed by atoms with Crippen LogP contribution in [0, 0.1) is 0 Å². The lowest BCUT2D eigenvalue weighted by atomic mass is 9.97. The minimum atomic E-state index is -0.687. The lowest BCUT2D eigenvalue weighted by Gasteiger charge is -2.26. The van der Waals surface area contributed by atoms with Gasteiger partial charge in [-0.1, -0.05) is 18.2 Å². The van der Waals surface area contributed by atoms with Gasteiger partial charge in [-0.25, -0.2) is 0 Å². The molecule has 6 N–H and O–H groups in total. The number of nitrogens with one attached hydrogen (secondary N) is 2. The first kappa shape index (κ1) is 15.5. The van der Waals surface area contributed by atoms with Crippen LogP contribution in [0.1, 0.15) is 24.8 Å². The molecule has 1 heterocycles. The van der Waals surface area contributed by atoms with E-state index in [0.717, 1.165) is 12.1 Å². The van der Waals surface area contributed by atoms with Crippen molar-refractivity contribution in [2.24, 2.45) is 11.5 Å². The maximum Gasteiger partial charge on any atom is 0.249 e. The molecule has 0 bridgehead atoms. The SMILES string of the molecule is NCCCC(N)C(=O)NC(=O)C1CCc2ccccc2N1. The molecule has 0 aliphatic carbocycles. The van der Waals surface area contributed by atoms with Crippen LogP contribution in [0.25, 0.3) is 0 Å². The van der Waals surface area contributed by atoms with Crippen molar-refractivity contribution in [3.8, 4) is 0 Å². The van der Waals surface area contributed by atoms with Gasteiger partial charge in [-0.15, -0.1) is 0 Å². The Balaban J connectivity index is 1.89. The molecule has 0 spiro atoms. The van der Waals surface area contributed by atoms with E-state index in [4.69, 9.17) is 11.5 Å². The number of carbonyl (C=O) groups is 2. The van der Waals surface area contributed by atoms with E-state index < -0.39 is 18.0 Å². The molecule has 114 valence electrons. The highest BCUT2D eigenvalue weighted by Crippen LogP contribution is 2.24. The Bertz CT molecular complexity index is 518. The zero-order valence-corrected chi connectivity index (χ0v) is 12.0. The molecular weight excluding hydrogens is 268 g/mol. The van der Waals surface area contributed by atoms with Crippen LogP contribution < -0.4 is 22.1 Å². The Morgan fingerprint density at radius 3 is 2.90 bits per heavy atom. The van der Waals surface area contributed by atoms with Gasteiger partial charge < -0.3 is 16.8 Å². The molecule has 1 aromatic carbocycles. The molecule has 6 heteroatoms. The summed E-state index contributed by atoms with van der Waals surface area (Å²) in [5.41, 5.74) is 13.2. The standard InChI is InChI=1S/C15H22N4O2/c16-9-3-5-11(17)14(20)19-15(21)13-8-7-10-4-1-2-6-12(10)18-13/h1-2,4,6,11,13,18H,3,5,7-9,16-17H2,(H,19,20,21). The van der Waals surface area contributed by atoms with Crippen molar-refractivity contribution in [2.75, 3.05) is 11.9 Å². The molecule has 2 atom stereocenters. The molecule has 2 unspecified atom stereocenters. The number of rotatable bonds is 5. The van der Waals surface area contributed by atoms with Crippen LogP contribution in [-0.4, -0.2) is 30.4 Å². The average Bonchev–Trinajstić information content (AvgIpc) is 2.51. The second kappa shape index (κ2) is 7.19. The summed E-state index contributed by atoms with van der Waals surface area (Å²) in [6.07, 6.45) is 2.62. The molecule has 0 saturated heterocycles. The smallest absolute Gasteiger partial charge is 0.249 e. The van der Waals surface area contributed by atoms with Gasteiger partial charge in [0.15, 0.2) is 0 Å². The topological polar surface area (TPSA) is 110 Å². The van der Waals surface area contributed by atoms with Crippen molar-refractivity contribution in [2.45, 2.75) is 37.8 Å². The van der Waals surface area contributed by atoms with Crippen LogP contribution in [0.5, 0.6) is 0 Å². The number of fused-ring (bicyclic) bond motifs is 1. The maximum absolute atomic E-state index is 12.1. The van der Waals surface area contributed by atoms with Crippen molar-refractivity contribution in [1.82, 2.24) is 5.32 Å². The number of carbonyl (C=O) groups excluding carboxylic acids is 2. The largest absolute Gasteiger partial charge is 0.373 e. The molecule has 21 heavy (non-hydrogen) atoms. The number of benzene rings is 1. The molecule has 2 amide bonds. The van der Waals surface area contributed by atoms with Crippen LogP contribution in [-0.2, 0) is 16.0 Å². The second-order valence-electron chi connectivity index (χ2n) is 5.28. The van der Waals surface area contributed by atoms with Gasteiger partial charge >= 0.3 is 0 Å². The van der Waals surface area contributed by atoms with Crippen molar-refractivity contribution < 1.29 is 9.59 Å². The van der Waals surface area contributed by atoms with Crippen LogP contribution in [0.2, 0.25) is 0 Å². The predicted molar refractivity (Wildman–Crippen MR) is 81.6 cm³/mol. The highest BCUT2D eigenvalue weighted by atomic mass is 16.2. The molecule has 6 nitrogen and oxygen atoms in total. The average molecular weight is 290 g/mol. The third kappa shape index (κ3) is 4.03. The Hall–Kier alpha value is -1.92. The minimum Gasteiger partial charge on any atom is -0.373 e. The molecule has 1 aromatic rings. The quantitative estimate of drug-likeness (QED) is 0.616. The maximum atomic E-state index is 12.1. The monoisotopic (exact) mass is 290 g/mol. The molecule has 1 aliphatic rings. The van der Waals surface area contributed by atoms with Crippen LogP contribution in [0.15, 0.2) is 24.3 Å². The Kier molecular flexibility index (Phi) is 5.30. The number of imide groups is 1. The Labute approximate surface area is 124 Å². The summed E-state index contributed by atoms with van der Waals surface area (Å²) in [5.74, 6) is -0.758. The summed E-state index contributed by atoms with van der Waals surface area (Å²) in [6.45, 7) is 0.482. The zero-order valence-electron chi connectivity index (χ0n) is 12.0. The molecule has 1 aliphatic heterocycles. The normalized spacial score (nSPS) is 18.3. The highest BCUT2D eigenvalue weighted by molar-refractivity contribution is 6.01. The second-order valence-corrected chi connectivity index (χ2v) is 5.28. The third-order valence-corrected chi connectivity index (χ3v) is 3.67. The predicted octanol–water partition coefficient (Wildman–Crippen LogP) is 0.122. The fourth-order valence-electron chi connectivity index (χ4n) is 2.41. The van der Waals surface area contributed by atoms with E-state index in [9.17, 15) is 9.59 Å². The summed E-state index contributed by atoms with van der Waals surface area (Å²) in [5, 5.41) is 5.54. The number of amides is 2. The molecule has 0 aromatic heterocycles. The van der Waals surface area contributed by atoms with E-state index in [-0.39, 0.29) is 5.91 Å². The molecule has 0 radical (unpaired) electrons. The van der Waals surface area contributed by atoms with Gasteiger partial charge in [-0.3, -0.25) is 14.9 Å².